The summed E-state index contributed by atoms with van der Waals surface area (Å²) in [6, 6.07) is 10.2. The summed E-state index contributed by atoms with van der Waals surface area (Å²) < 4.78 is 24.5. The Morgan fingerprint density at radius 1 is 1.09 bits per heavy atom. The summed E-state index contributed by atoms with van der Waals surface area (Å²) >= 11 is 0. The fourth-order valence-corrected chi connectivity index (χ4v) is 3.99. The number of primary amides is 1. The van der Waals surface area contributed by atoms with E-state index in [4.69, 9.17) is 24.7 Å². The molecule has 2 aromatic heterocycles. The van der Waals surface area contributed by atoms with E-state index in [1.54, 1.807) is 43.3 Å². The number of amides is 1. The van der Waals surface area contributed by atoms with Gasteiger partial charge in [-0.05, 0) is 37.3 Å². The van der Waals surface area contributed by atoms with Gasteiger partial charge in [0.25, 0.3) is 5.91 Å². The van der Waals surface area contributed by atoms with Gasteiger partial charge in [0, 0.05) is 12.6 Å². The molecule has 4 aromatic rings. The molecule has 3 heterocycles. The number of imidazole rings is 1. The van der Waals surface area contributed by atoms with Gasteiger partial charge in [0.15, 0.2) is 28.7 Å². The number of methoxy groups -OCH3 is 2. The van der Waals surface area contributed by atoms with E-state index in [0.29, 0.717) is 34.2 Å². The van der Waals surface area contributed by atoms with E-state index in [2.05, 4.69) is 9.97 Å². The van der Waals surface area contributed by atoms with Crippen LogP contribution < -0.4 is 30.4 Å². The lowest BCUT2D eigenvalue weighted by Crippen LogP contribution is -2.23. The maximum absolute atomic E-state index is 13.5. The van der Waals surface area contributed by atoms with Crippen molar-refractivity contribution in [2.45, 2.75) is 13.5 Å². The Labute approximate surface area is 193 Å². The Hall–Kier alpha value is -4.54. The first kappa shape index (κ1) is 21.3. The Morgan fingerprint density at radius 3 is 2.59 bits per heavy atom. The third kappa shape index (κ3) is 3.20. The summed E-state index contributed by atoms with van der Waals surface area (Å²) in [6.45, 7) is 2.16. The van der Waals surface area contributed by atoms with E-state index >= 15 is 0 Å². The van der Waals surface area contributed by atoms with Gasteiger partial charge in [-0.15, -0.1) is 0 Å². The van der Waals surface area contributed by atoms with Crippen molar-refractivity contribution in [1.29, 1.82) is 0 Å². The monoisotopic (exact) mass is 463 g/mol. The second-order valence-electron chi connectivity index (χ2n) is 7.40. The number of hydrogen-bond donors (Lipinski definition) is 1. The molecule has 1 aliphatic heterocycles. The SMILES string of the molecule is CCn1c(=O)n(-c2ccc3c(c2)OCO3)c2nc(-c3cc(OC)ccc3OC)nc(C(N)=O)c21. The number of benzene rings is 2. The fourth-order valence-electron chi connectivity index (χ4n) is 3.99. The molecule has 0 saturated carbocycles. The van der Waals surface area contributed by atoms with Crippen LogP contribution in [-0.2, 0) is 6.54 Å². The number of nitrogens with zero attached hydrogens (tertiary/aromatic N) is 4. The van der Waals surface area contributed by atoms with Gasteiger partial charge in [-0.1, -0.05) is 0 Å². The van der Waals surface area contributed by atoms with Crippen LogP contribution in [0.25, 0.3) is 28.2 Å². The van der Waals surface area contributed by atoms with Gasteiger partial charge in [-0.3, -0.25) is 9.36 Å². The standard InChI is InChI=1S/C23H21N5O6/c1-4-27-19-18(20(24)29)25-21(14-10-13(31-2)6-8-15(14)32-3)26-22(19)28(23(27)30)12-5-7-16-17(9-12)34-11-33-16/h5-10H,4,11H2,1-3H3,(H2,24,29). The number of aromatic nitrogens is 4. The number of carbonyl (C=O) groups excluding carboxylic acids is 1. The number of fused-ring (bicyclic) bond motifs is 2. The lowest BCUT2D eigenvalue weighted by atomic mass is 10.1. The third-order valence-electron chi connectivity index (χ3n) is 5.58. The average molecular weight is 463 g/mol. The first-order chi connectivity index (χ1) is 16.5. The van der Waals surface area contributed by atoms with E-state index in [1.165, 1.54) is 23.4 Å². The van der Waals surface area contributed by atoms with Gasteiger partial charge in [0.2, 0.25) is 6.79 Å². The second-order valence-corrected chi connectivity index (χ2v) is 7.40. The van der Waals surface area contributed by atoms with Crippen LogP contribution in [0.2, 0.25) is 0 Å². The van der Waals surface area contributed by atoms with Gasteiger partial charge in [0.05, 0.1) is 25.5 Å². The van der Waals surface area contributed by atoms with Gasteiger partial charge in [-0.2, -0.15) is 0 Å². The molecule has 11 heteroatoms. The highest BCUT2D eigenvalue weighted by Gasteiger charge is 2.26. The summed E-state index contributed by atoms with van der Waals surface area (Å²) in [5, 5.41) is 0. The molecular formula is C23H21N5O6. The Kier molecular flexibility index (Phi) is 5.08. The molecule has 0 fully saturated rings. The lowest BCUT2D eigenvalue weighted by Gasteiger charge is -2.11. The van der Waals surface area contributed by atoms with Crippen molar-refractivity contribution in [3.8, 4) is 40.1 Å². The molecule has 0 aliphatic carbocycles. The molecule has 0 radical (unpaired) electrons. The van der Waals surface area contributed by atoms with E-state index < -0.39 is 11.6 Å². The van der Waals surface area contributed by atoms with Crippen molar-refractivity contribution in [2.75, 3.05) is 21.0 Å². The first-order valence-electron chi connectivity index (χ1n) is 10.4. The highest BCUT2D eigenvalue weighted by molar-refractivity contribution is 6.02. The molecule has 5 rings (SSSR count). The predicted octanol–water partition coefficient (Wildman–Crippen LogP) is 2.11. The van der Waals surface area contributed by atoms with Crippen LogP contribution in [0.5, 0.6) is 23.0 Å². The Morgan fingerprint density at radius 2 is 1.88 bits per heavy atom. The van der Waals surface area contributed by atoms with Crippen LogP contribution in [0.4, 0.5) is 0 Å². The molecule has 0 saturated heterocycles. The maximum Gasteiger partial charge on any atom is 0.335 e. The number of hydrogen-bond acceptors (Lipinski definition) is 8. The lowest BCUT2D eigenvalue weighted by molar-refractivity contribution is 0.0997. The number of rotatable bonds is 6. The van der Waals surface area contributed by atoms with E-state index in [-0.39, 0.29) is 36.0 Å². The third-order valence-corrected chi connectivity index (χ3v) is 5.58. The summed E-state index contributed by atoms with van der Waals surface area (Å²) in [4.78, 5) is 35.0. The van der Waals surface area contributed by atoms with Crippen LogP contribution in [0.15, 0.2) is 41.2 Å². The number of ether oxygens (including phenoxy) is 4. The molecular weight excluding hydrogens is 442 g/mol. The highest BCUT2D eigenvalue weighted by Crippen LogP contribution is 2.35. The molecule has 11 nitrogen and oxygen atoms in total. The minimum absolute atomic E-state index is 0.0803. The largest absolute Gasteiger partial charge is 0.497 e. The number of nitrogens with two attached hydrogens (primary N) is 1. The van der Waals surface area contributed by atoms with Crippen molar-refractivity contribution in [3.63, 3.8) is 0 Å². The topological polar surface area (TPSA) is 133 Å². The van der Waals surface area contributed by atoms with Gasteiger partial charge in [-0.25, -0.2) is 19.3 Å². The molecule has 2 N–H and O–H groups in total. The van der Waals surface area contributed by atoms with Gasteiger partial charge in [0.1, 0.15) is 17.0 Å². The average Bonchev–Trinajstić information content (AvgIpc) is 3.43. The summed E-state index contributed by atoms with van der Waals surface area (Å²) in [5.41, 5.74) is 6.64. The number of aryl methyl sites for hydroxylation is 1. The normalized spacial score (nSPS) is 12.2. The maximum atomic E-state index is 13.5. The highest BCUT2D eigenvalue weighted by atomic mass is 16.7. The molecule has 34 heavy (non-hydrogen) atoms. The Balaban J connectivity index is 1.86. The van der Waals surface area contributed by atoms with E-state index in [1.807, 2.05) is 0 Å². The minimum Gasteiger partial charge on any atom is -0.497 e. The molecule has 1 amide bonds. The van der Waals surface area contributed by atoms with E-state index in [0.717, 1.165) is 0 Å². The quantitative estimate of drug-likeness (QED) is 0.460. The zero-order chi connectivity index (χ0) is 24.0. The molecule has 0 atom stereocenters. The van der Waals surface area contributed by atoms with Crippen molar-refractivity contribution in [2.24, 2.45) is 5.73 Å². The van der Waals surface area contributed by atoms with E-state index in [9.17, 15) is 9.59 Å². The van der Waals surface area contributed by atoms with Gasteiger partial charge < -0.3 is 24.7 Å². The molecule has 0 bridgehead atoms. The van der Waals surface area contributed by atoms with Crippen LogP contribution >= 0.6 is 0 Å². The van der Waals surface area contributed by atoms with Crippen LogP contribution in [-0.4, -0.2) is 46.0 Å². The van der Waals surface area contributed by atoms with Crippen molar-refractivity contribution in [1.82, 2.24) is 19.1 Å². The summed E-state index contributed by atoms with van der Waals surface area (Å²) in [6.07, 6.45) is 0. The molecule has 0 unspecified atom stereocenters. The van der Waals surface area contributed by atoms with Crippen molar-refractivity contribution in [3.05, 3.63) is 52.6 Å². The predicted molar refractivity (Wildman–Crippen MR) is 122 cm³/mol. The van der Waals surface area contributed by atoms with Crippen LogP contribution in [0.1, 0.15) is 17.4 Å². The second kappa shape index (κ2) is 8.10. The molecule has 174 valence electrons. The zero-order valence-corrected chi connectivity index (χ0v) is 18.7. The first-order valence-corrected chi connectivity index (χ1v) is 10.4. The molecule has 2 aromatic carbocycles. The van der Waals surface area contributed by atoms with Crippen molar-refractivity contribution < 1.29 is 23.7 Å². The van der Waals surface area contributed by atoms with Gasteiger partial charge >= 0.3 is 5.69 Å². The minimum atomic E-state index is -0.791. The molecule has 1 aliphatic rings. The van der Waals surface area contributed by atoms with Crippen molar-refractivity contribution >= 4 is 17.1 Å². The number of carbonyl (C=O) groups is 1. The fraction of sp³-hybridized carbons (Fsp3) is 0.217. The molecule has 0 spiro atoms. The summed E-state index contributed by atoms with van der Waals surface area (Å²) in [7, 11) is 3.04. The van der Waals surface area contributed by atoms with Crippen LogP contribution in [0, 0.1) is 0 Å². The summed E-state index contributed by atoms with van der Waals surface area (Å²) in [5.74, 6) is 1.44. The zero-order valence-electron chi connectivity index (χ0n) is 18.7. The van der Waals surface area contributed by atoms with Crippen LogP contribution in [0.3, 0.4) is 0 Å². The smallest absolute Gasteiger partial charge is 0.335 e. The Bertz CT molecular complexity index is 1510.